The molecule has 1 saturated heterocycles. The quantitative estimate of drug-likeness (QED) is 0.820. The van der Waals surface area contributed by atoms with Crippen LogP contribution in [0, 0.1) is 0 Å². The molecular weight excluding hydrogens is 210 g/mol. The van der Waals surface area contributed by atoms with E-state index in [-0.39, 0.29) is 6.61 Å². The van der Waals surface area contributed by atoms with Crippen LogP contribution in [-0.4, -0.2) is 29.1 Å². The molecule has 1 aliphatic heterocycles. The Kier molecular flexibility index (Phi) is 3.38. The summed E-state index contributed by atoms with van der Waals surface area (Å²) in [6.45, 7) is 0.508. The molecule has 1 unspecified atom stereocenters. The Morgan fingerprint density at radius 1 is 1.50 bits per heavy atom. The molecule has 0 saturated carbocycles. The summed E-state index contributed by atoms with van der Waals surface area (Å²) in [5.74, 6) is 0. The summed E-state index contributed by atoms with van der Waals surface area (Å²) in [7, 11) is 0. The monoisotopic (exact) mass is 223 g/mol. The van der Waals surface area contributed by atoms with Gasteiger partial charge in [-0.05, 0) is 5.56 Å². The van der Waals surface area contributed by atoms with Crippen LogP contribution in [0.4, 0.5) is 4.79 Å². The first-order chi connectivity index (χ1) is 7.77. The predicted molar refractivity (Wildman–Crippen MR) is 55.0 cm³/mol. The van der Waals surface area contributed by atoms with Crippen molar-refractivity contribution in [1.29, 1.82) is 0 Å². The first-order valence-corrected chi connectivity index (χ1v) is 5.08. The van der Waals surface area contributed by atoms with Gasteiger partial charge in [-0.15, -0.1) is 0 Å². The number of benzene rings is 1. The van der Waals surface area contributed by atoms with Gasteiger partial charge in [0.15, 0.2) is 6.23 Å². The third kappa shape index (κ3) is 2.50. The van der Waals surface area contributed by atoms with Crippen LogP contribution in [-0.2, 0) is 16.2 Å². The minimum atomic E-state index is -0.900. The Balaban J connectivity index is 1.84. The molecule has 1 N–H and O–H groups in total. The highest BCUT2D eigenvalue weighted by atomic mass is 16.7. The minimum absolute atomic E-state index is 0.173. The zero-order chi connectivity index (χ0) is 11.4. The van der Waals surface area contributed by atoms with Gasteiger partial charge in [0.1, 0.15) is 6.61 Å². The van der Waals surface area contributed by atoms with E-state index >= 15 is 0 Å². The highest BCUT2D eigenvalue weighted by Crippen LogP contribution is 2.13. The van der Waals surface area contributed by atoms with Crippen LogP contribution in [0.2, 0.25) is 0 Å². The Labute approximate surface area is 93.1 Å². The molecule has 5 nitrogen and oxygen atoms in total. The second-order valence-corrected chi connectivity index (χ2v) is 3.47. The number of aliphatic hydroxyl groups excluding tert-OH is 1. The molecule has 1 aromatic carbocycles. The van der Waals surface area contributed by atoms with E-state index in [2.05, 4.69) is 0 Å². The zero-order valence-corrected chi connectivity index (χ0v) is 8.70. The van der Waals surface area contributed by atoms with Gasteiger partial charge in [-0.2, -0.15) is 5.06 Å². The number of carbonyl (C=O) groups is 1. The van der Waals surface area contributed by atoms with E-state index < -0.39 is 12.3 Å². The third-order valence-corrected chi connectivity index (χ3v) is 2.26. The topological polar surface area (TPSA) is 59.0 Å². The Hall–Kier alpha value is -1.59. The summed E-state index contributed by atoms with van der Waals surface area (Å²) in [6.07, 6.45) is -1.14. The van der Waals surface area contributed by atoms with Gasteiger partial charge in [-0.25, -0.2) is 4.79 Å². The van der Waals surface area contributed by atoms with E-state index in [4.69, 9.17) is 9.57 Å². The van der Waals surface area contributed by atoms with Gasteiger partial charge < -0.3 is 9.84 Å². The molecular formula is C11H13NO4. The number of rotatable bonds is 2. The number of hydrogen-bond acceptors (Lipinski definition) is 4. The second-order valence-electron chi connectivity index (χ2n) is 3.47. The van der Waals surface area contributed by atoms with Crippen LogP contribution < -0.4 is 0 Å². The van der Waals surface area contributed by atoms with E-state index in [1.165, 1.54) is 0 Å². The fourth-order valence-electron chi connectivity index (χ4n) is 1.42. The van der Waals surface area contributed by atoms with Crippen LogP contribution in [0.1, 0.15) is 12.0 Å². The molecule has 0 aliphatic carbocycles. The molecule has 0 bridgehead atoms. The Bertz CT molecular complexity index is 354. The van der Waals surface area contributed by atoms with Crippen molar-refractivity contribution in [3.63, 3.8) is 0 Å². The fraction of sp³-hybridized carbons (Fsp3) is 0.364. The molecule has 0 radical (unpaired) electrons. The molecule has 1 heterocycles. The van der Waals surface area contributed by atoms with Gasteiger partial charge in [0.25, 0.3) is 0 Å². The highest BCUT2D eigenvalue weighted by molar-refractivity contribution is 5.66. The molecule has 16 heavy (non-hydrogen) atoms. The van der Waals surface area contributed by atoms with Crippen molar-refractivity contribution in [2.24, 2.45) is 0 Å². The molecule has 86 valence electrons. The summed E-state index contributed by atoms with van der Waals surface area (Å²) in [5.41, 5.74) is 0.893. The fourth-order valence-corrected chi connectivity index (χ4v) is 1.42. The van der Waals surface area contributed by atoms with E-state index in [0.29, 0.717) is 13.0 Å². The van der Waals surface area contributed by atoms with Gasteiger partial charge in [0.05, 0.1) is 6.61 Å². The van der Waals surface area contributed by atoms with E-state index in [1.807, 2.05) is 30.3 Å². The maximum absolute atomic E-state index is 11.4. The molecule has 1 atom stereocenters. The lowest BCUT2D eigenvalue weighted by Gasteiger charge is -2.17. The van der Waals surface area contributed by atoms with Gasteiger partial charge in [0.2, 0.25) is 0 Å². The first kappa shape index (κ1) is 10.9. The summed E-state index contributed by atoms with van der Waals surface area (Å²) in [6, 6.07) is 9.33. The maximum atomic E-state index is 11.4. The van der Waals surface area contributed by atoms with Crippen molar-refractivity contribution in [1.82, 2.24) is 5.06 Å². The predicted octanol–water partition coefficient (Wildman–Crippen LogP) is 1.28. The molecule has 1 fully saturated rings. The largest absolute Gasteiger partial charge is 0.443 e. The third-order valence-electron chi connectivity index (χ3n) is 2.26. The molecule has 2 rings (SSSR count). The number of ether oxygens (including phenoxy) is 1. The molecule has 1 aliphatic rings. The van der Waals surface area contributed by atoms with Crippen molar-refractivity contribution in [3.8, 4) is 0 Å². The van der Waals surface area contributed by atoms with Crippen LogP contribution in [0.25, 0.3) is 0 Å². The van der Waals surface area contributed by atoms with Crippen molar-refractivity contribution in [3.05, 3.63) is 35.9 Å². The van der Waals surface area contributed by atoms with E-state index in [1.54, 1.807) is 0 Å². The summed E-state index contributed by atoms with van der Waals surface area (Å²) >= 11 is 0. The smallest absolute Gasteiger partial charge is 0.436 e. The van der Waals surface area contributed by atoms with Crippen molar-refractivity contribution >= 4 is 6.09 Å². The lowest BCUT2D eigenvalue weighted by Crippen LogP contribution is -2.34. The van der Waals surface area contributed by atoms with Crippen molar-refractivity contribution in [2.75, 3.05) is 6.61 Å². The molecule has 0 aromatic heterocycles. The molecule has 5 heteroatoms. The van der Waals surface area contributed by atoms with Gasteiger partial charge in [-0.3, -0.25) is 4.84 Å². The van der Waals surface area contributed by atoms with E-state index in [0.717, 1.165) is 10.6 Å². The highest BCUT2D eigenvalue weighted by Gasteiger charge is 2.29. The van der Waals surface area contributed by atoms with Crippen molar-refractivity contribution < 1.29 is 19.5 Å². The number of aliphatic hydroxyl groups is 1. The average Bonchev–Trinajstić information content (AvgIpc) is 2.74. The SMILES string of the molecule is O=C(OCc1ccccc1)N1OCCC1O. The number of amides is 1. The summed E-state index contributed by atoms with van der Waals surface area (Å²) in [5, 5.41) is 10.2. The lowest BCUT2D eigenvalue weighted by atomic mass is 10.2. The first-order valence-electron chi connectivity index (χ1n) is 5.08. The van der Waals surface area contributed by atoms with Crippen LogP contribution in [0.15, 0.2) is 30.3 Å². The Morgan fingerprint density at radius 3 is 2.88 bits per heavy atom. The van der Waals surface area contributed by atoms with E-state index in [9.17, 15) is 9.90 Å². The summed E-state index contributed by atoms with van der Waals surface area (Å²) < 4.78 is 4.98. The van der Waals surface area contributed by atoms with Crippen LogP contribution in [0.5, 0.6) is 0 Å². The van der Waals surface area contributed by atoms with Crippen molar-refractivity contribution in [2.45, 2.75) is 19.3 Å². The van der Waals surface area contributed by atoms with Gasteiger partial charge >= 0.3 is 6.09 Å². The molecule has 1 aromatic rings. The van der Waals surface area contributed by atoms with Crippen LogP contribution >= 0.6 is 0 Å². The second kappa shape index (κ2) is 4.96. The number of hydrogen-bond donors (Lipinski definition) is 1. The standard InChI is InChI=1S/C11H13NO4/c13-10-6-7-16-12(10)11(14)15-8-9-4-2-1-3-5-9/h1-5,10,13H,6-8H2. The van der Waals surface area contributed by atoms with Gasteiger partial charge in [0, 0.05) is 6.42 Å². The summed E-state index contributed by atoms with van der Waals surface area (Å²) in [4.78, 5) is 16.4. The Morgan fingerprint density at radius 2 is 2.25 bits per heavy atom. The molecule has 0 spiro atoms. The number of nitrogens with zero attached hydrogens (tertiary/aromatic N) is 1. The normalized spacial score (nSPS) is 19.8. The van der Waals surface area contributed by atoms with Crippen LogP contribution in [0.3, 0.4) is 0 Å². The lowest BCUT2D eigenvalue weighted by molar-refractivity contribution is -0.155. The minimum Gasteiger partial charge on any atom is -0.443 e. The molecule has 1 amide bonds. The van der Waals surface area contributed by atoms with Gasteiger partial charge in [-0.1, -0.05) is 30.3 Å². The number of hydroxylamine groups is 2. The maximum Gasteiger partial charge on any atom is 0.436 e. The average molecular weight is 223 g/mol. The number of carbonyl (C=O) groups excluding carboxylic acids is 1. The zero-order valence-electron chi connectivity index (χ0n) is 8.70.